The van der Waals surface area contributed by atoms with Gasteiger partial charge in [0.1, 0.15) is 0 Å². The number of hydrogen-bond acceptors (Lipinski definition) is 2. The summed E-state index contributed by atoms with van der Waals surface area (Å²) in [4.78, 5) is 13.9. The van der Waals surface area contributed by atoms with Crippen LogP contribution < -0.4 is 5.69 Å². The molecule has 0 amide bonds. The summed E-state index contributed by atoms with van der Waals surface area (Å²) in [5, 5.41) is 4.08. The Morgan fingerprint density at radius 3 is 2.47 bits per heavy atom. The van der Waals surface area contributed by atoms with Crippen molar-refractivity contribution in [2.75, 3.05) is 0 Å². The summed E-state index contributed by atoms with van der Waals surface area (Å²) in [6.45, 7) is 2.11. The molecule has 0 atom stereocenters. The van der Waals surface area contributed by atoms with Crippen LogP contribution in [0.1, 0.15) is 12.5 Å². The number of benzene rings is 1. The number of rotatable bonds is 2. The molecule has 0 radical (unpaired) electrons. The molecule has 2 aromatic rings. The smallest absolute Gasteiger partial charge is 0.289 e. The number of H-pyrrole nitrogens is 1. The van der Waals surface area contributed by atoms with Crippen LogP contribution in [0.3, 0.4) is 0 Å². The van der Waals surface area contributed by atoms with Crippen LogP contribution in [0.15, 0.2) is 29.1 Å². The minimum absolute atomic E-state index is 0.190. The van der Waals surface area contributed by atoms with Gasteiger partial charge in [-0.1, -0.05) is 31.2 Å². The summed E-state index contributed by atoms with van der Waals surface area (Å²) in [6, 6.07) is 8.03. The zero-order valence-electron chi connectivity index (χ0n) is 8.82. The molecule has 1 N–H and O–H groups in total. The highest BCUT2D eigenvalue weighted by atomic mass is 16.1. The molecule has 0 aliphatic carbocycles. The molecule has 0 aliphatic heterocycles. The van der Waals surface area contributed by atoms with Gasteiger partial charge in [0.2, 0.25) is 0 Å². The van der Waals surface area contributed by atoms with E-state index in [0.717, 1.165) is 12.0 Å². The molecule has 4 nitrogen and oxygen atoms in total. The lowest BCUT2D eigenvalue weighted by Gasteiger charge is -1.98. The van der Waals surface area contributed by atoms with Crippen molar-refractivity contribution in [2.45, 2.75) is 13.3 Å². The Balaban J connectivity index is 2.41. The second-order valence-corrected chi connectivity index (χ2v) is 3.45. The second-order valence-electron chi connectivity index (χ2n) is 3.45. The monoisotopic (exact) mass is 203 g/mol. The maximum Gasteiger partial charge on any atom is 0.343 e. The lowest BCUT2D eigenvalue weighted by Crippen LogP contribution is -2.13. The van der Waals surface area contributed by atoms with Crippen molar-refractivity contribution < 1.29 is 0 Å². The van der Waals surface area contributed by atoms with Crippen LogP contribution in [-0.2, 0) is 13.5 Å². The predicted molar refractivity (Wildman–Crippen MR) is 58.6 cm³/mol. The van der Waals surface area contributed by atoms with Gasteiger partial charge in [0, 0.05) is 12.6 Å². The fourth-order valence-corrected chi connectivity index (χ4v) is 1.43. The van der Waals surface area contributed by atoms with Crippen molar-refractivity contribution >= 4 is 0 Å². The quantitative estimate of drug-likeness (QED) is 0.800. The van der Waals surface area contributed by atoms with Crippen LogP contribution in [0.5, 0.6) is 0 Å². The standard InChI is InChI=1S/C11H13N3O/c1-3-8-4-6-9(7-5-8)10-12-11(15)14(2)13-10/h4-7H,3H2,1-2H3,(H,12,13,15). The molecular formula is C11H13N3O. The third-order valence-electron chi connectivity index (χ3n) is 2.40. The molecule has 1 aromatic carbocycles. The Kier molecular flexibility index (Phi) is 2.41. The average Bonchev–Trinajstić information content (AvgIpc) is 2.59. The fourth-order valence-electron chi connectivity index (χ4n) is 1.43. The maximum atomic E-state index is 11.2. The Labute approximate surface area is 87.6 Å². The van der Waals surface area contributed by atoms with Crippen molar-refractivity contribution in [1.82, 2.24) is 14.8 Å². The molecule has 78 valence electrons. The zero-order valence-corrected chi connectivity index (χ0v) is 8.82. The van der Waals surface area contributed by atoms with Crippen molar-refractivity contribution in [3.63, 3.8) is 0 Å². The SMILES string of the molecule is CCc1ccc(-c2nn(C)c(=O)[nH]2)cc1. The van der Waals surface area contributed by atoms with Gasteiger partial charge in [-0.3, -0.25) is 4.98 Å². The Morgan fingerprint density at radius 2 is 2.00 bits per heavy atom. The topological polar surface area (TPSA) is 50.7 Å². The highest BCUT2D eigenvalue weighted by Gasteiger charge is 2.03. The number of aromatic amines is 1. The molecule has 0 saturated carbocycles. The van der Waals surface area contributed by atoms with Crippen LogP contribution in [0, 0.1) is 0 Å². The first-order valence-electron chi connectivity index (χ1n) is 4.93. The van der Waals surface area contributed by atoms with E-state index < -0.39 is 0 Å². The van der Waals surface area contributed by atoms with Gasteiger partial charge in [-0.05, 0) is 12.0 Å². The van der Waals surface area contributed by atoms with E-state index in [4.69, 9.17) is 0 Å². The molecule has 0 saturated heterocycles. The van der Waals surface area contributed by atoms with E-state index in [1.165, 1.54) is 10.2 Å². The number of aromatic nitrogens is 3. The average molecular weight is 203 g/mol. The van der Waals surface area contributed by atoms with Crippen molar-refractivity contribution in [1.29, 1.82) is 0 Å². The van der Waals surface area contributed by atoms with E-state index >= 15 is 0 Å². The largest absolute Gasteiger partial charge is 0.343 e. The van der Waals surface area contributed by atoms with Crippen molar-refractivity contribution in [2.24, 2.45) is 7.05 Å². The normalized spacial score (nSPS) is 10.5. The second kappa shape index (κ2) is 3.73. The Morgan fingerprint density at radius 1 is 1.33 bits per heavy atom. The van der Waals surface area contributed by atoms with E-state index in [-0.39, 0.29) is 5.69 Å². The van der Waals surface area contributed by atoms with Gasteiger partial charge < -0.3 is 0 Å². The summed E-state index contributed by atoms with van der Waals surface area (Å²) in [6.07, 6.45) is 1.01. The highest BCUT2D eigenvalue weighted by Crippen LogP contribution is 2.14. The minimum Gasteiger partial charge on any atom is -0.289 e. The highest BCUT2D eigenvalue weighted by molar-refractivity contribution is 5.54. The van der Waals surface area contributed by atoms with E-state index in [0.29, 0.717) is 5.82 Å². The summed E-state index contributed by atoms with van der Waals surface area (Å²) in [5.74, 6) is 0.616. The fraction of sp³-hybridized carbons (Fsp3) is 0.273. The molecule has 0 bridgehead atoms. The zero-order chi connectivity index (χ0) is 10.8. The van der Waals surface area contributed by atoms with Gasteiger partial charge >= 0.3 is 5.69 Å². The lowest BCUT2D eigenvalue weighted by molar-refractivity contribution is 0.736. The third kappa shape index (κ3) is 1.83. The minimum atomic E-state index is -0.190. The number of nitrogens with one attached hydrogen (secondary N) is 1. The molecule has 1 heterocycles. The summed E-state index contributed by atoms with van der Waals surface area (Å²) in [7, 11) is 1.63. The van der Waals surface area contributed by atoms with Crippen LogP contribution in [-0.4, -0.2) is 14.8 Å². The first-order chi connectivity index (χ1) is 7.20. The molecule has 4 heteroatoms. The van der Waals surface area contributed by atoms with Gasteiger partial charge in [0.15, 0.2) is 5.82 Å². The Hall–Kier alpha value is -1.84. The molecule has 0 fully saturated rings. The molecular weight excluding hydrogens is 190 g/mol. The summed E-state index contributed by atoms with van der Waals surface area (Å²) >= 11 is 0. The van der Waals surface area contributed by atoms with Gasteiger partial charge in [0.05, 0.1) is 0 Å². The van der Waals surface area contributed by atoms with Gasteiger partial charge in [0.25, 0.3) is 0 Å². The molecule has 2 rings (SSSR count). The molecule has 0 spiro atoms. The lowest BCUT2D eigenvalue weighted by atomic mass is 10.1. The molecule has 0 aliphatic rings. The Bertz CT molecular complexity index is 507. The molecule has 1 aromatic heterocycles. The van der Waals surface area contributed by atoms with E-state index in [2.05, 4.69) is 17.0 Å². The van der Waals surface area contributed by atoms with Crippen molar-refractivity contribution in [3.8, 4) is 11.4 Å². The third-order valence-corrected chi connectivity index (χ3v) is 2.40. The predicted octanol–water partition coefficient (Wildman–Crippen LogP) is 1.34. The molecule has 0 unspecified atom stereocenters. The van der Waals surface area contributed by atoms with Crippen LogP contribution in [0.4, 0.5) is 0 Å². The van der Waals surface area contributed by atoms with E-state index in [1.54, 1.807) is 7.05 Å². The van der Waals surface area contributed by atoms with Gasteiger partial charge in [-0.25, -0.2) is 9.48 Å². The summed E-state index contributed by atoms with van der Waals surface area (Å²) in [5.41, 5.74) is 2.02. The molecule has 15 heavy (non-hydrogen) atoms. The maximum absolute atomic E-state index is 11.2. The van der Waals surface area contributed by atoms with Crippen LogP contribution in [0.25, 0.3) is 11.4 Å². The summed E-state index contributed by atoms with van der Waals surface area (Å²) < 4.78 is 1.29. The van der Waals surface area contributed by atoms with Gasteiger partial charge in [-0.15, -0.1) is 0 Å². The number of hydrogen-bond donors (Lipinski definition) is 1. The van der Waals surface area contributed by atoms with Crippen LogP contribution >= 0.6 is 0 Å². The van der Waals surface area contributed by atoms with E-state index in [1.807, 2.05) is 24.3 Å². The van der Waals surface area contributed by atoms with E-state index in [9.17, 15) is 4.79 Å². The first kappa shape index (κ1) is 9.71. The van der Waals surface area contributed by atoms with Gasteiger partial charge in [-0.2, -0.15) is 5.10 Å². The first-order valence-corrected chi connectivity index (χ1v) is 4.93. The number of nitrogens with zero attached hydrogens (tertiary/aromatic N) is 2. The number of aryl methyl sites for hydroxylation is 2. The van der Waals surface area contributed by atoms with Crippen molar-refractivity contribution in [3.05, 3.63) is 40.3 Å². The van der Waals surface area contributed by atoms with Crippen LogP contribution in [0.2, 0.25) is 0 Å².